The van der Waals surface area contributed by atoms with Crippen LogP contribution in [0.15, 0.2) is 12.3 Å². The maximum atomic E-state index is 10.4. The van der Waals surface area contributed by atoms with Gasteiger partial charge >= 0.3 is 0 Å². The van der Waals surface area contributed by atoms with Crippen LogP contribution in [0.25, 0.3) is 0 Å². The topological polar surface area (TPSA) is 26.3 Å². The molecule has 0 aromatic heterocycles. The normalized spacial score (nSPS) is 10.6. The van der Waals surface area contributed by atoms with Crippen LogP contribution in [0.3, 0.4) is 0 Å². The van der Waals surface area contributed by atoms with Gasteiger partial charge in [0.05, 0.1) is 0 Å². The molecule has 0 aliphatic heterocycles. The minimum atomic E-state index is -1.83. The number of hydrogen-bond donors (Lipinski definition) is 0. The van der Waals surface area contributed by atoms with Crippen LogP contribution in [0.1, 0.15) is 6.92 Å². The van der Waals surface area contributed by atoms with E-state index in [1.165, 1.54) is 6.92 Å². The van der Waals surface area contributed by atoms with Gasteiger partial charge in [0.15, 0.2) is 0 Å². The van der Waals surface area contributed by atoms with Crippen LogP contribution in [0, 0.1) is 0 Å². The maximum Gasteiger partial charge on any atom is 0.289 e. The number of carbonyl (C=O) groups excluding carboxylic acids is 1. The molecule has 9 heavy (non-hydrogen) atoms. The summed E-state index contributed by atoms with van der Waals surface area (Å²) in [5.74, 6) is -0.216. The summed E-state index contributed by atoms with van der Waals surface area (Å²) in [4.78, 5) is 10.4. The van der Waals surface area contributed by atoms with Gasteiger partial charge < -0.3 is 4.43 Å². The molecule has 0 aromatic carbocycles. The minimum absolute atomic E-state index is 0.216. The summed E-state index contributed by atoms with van der Waals surface area (Å²) in [6.07, 6.45) is 0. The van der Waals surface area contributed by atoms with Crippen LogP contribution < -0.4 is 0 Å². The lowest BCUT2D eigenvalue weighted by Gasteiger charge is -2.15. The zero-order chi connectivity index (χ0) is 7.49. The van der Waals surface area contributed by atoms with Crippen LogP contribution in [0.2, 0.25) is 13.1 Å². The molecule has 0 saturated heterocycles. The van der Waals surface area contributed by atoms with Crippen molar-refractivity contribution in [2.24, 2.45) is 0 Å². The summed E-state index contributed by atoms with van der Waals surface area (Å²) < 4.78 is 4.97. The molecule has 0 aliphatic rings. The van der Waals surface area contributed by atoms with Crippen LogP contribution in [-0.4, -0.2) is 14.3 Å². The largest absolute Gasteiger partial charge is 0.516 e. The summed E-state index contributed by atoms with van der Waals surface area (Å²) in [7, 11) is -1.83. The Balaban J connectivity index is 3.86. The Morgan fingerprint density at radius 2 is 2.11 bits per heavy atom. The predicted octanol–water partition coefficient (Wildman–Crippen LogP) is 1.48. The smallest absolute Gasteiger partial charge is 0.289 e. The van der Waals surface area contributed by atoms with E-state index in [1.807, 2.05) is 13.1 Å². The highest BCUT2D eigenvalue weighted by Crippen LogP contribution is 2.03. The summed E-state index contributed by atoms with van der Waals surface area (Å²) in [5.41, 5.74) is 1.73. The summed E-state index contributed by atoms with van der Waals surface area (Å²) >= 11 is 0. The van der Waals surface area contributed by atoms with Crippen LogP contribution in [-0.2, 0) is 9.22 Å². The molecule has 0 fully saturated rings. The molecule has 0 rings (SSSR count). The van der Waals surface area contributed by atoms with Crippen molar-refractivity contribution in [2.45, 2.75) is 20.0 Å². The second-order valence-electron chi connectivity index (χ2n) is 2.40. The molecule has 0 atom stereocenters. The Bertz CT molecular complexity index is 129. The third-order valence-electron chi connectivity index (χ3n) is 0.898. The molecule has 0 spiro atoms. The lowest BCUT2D eigenvalue weighted by molar-refractivity contribution is -0.132. The van der Waals surface area contributed by atoms with E-state index in [0.29, 0.717) is 0 Å². The summed E-state index contributed by atoms with van der Waals surface area (Å²) in [5, 5.41) is 0. The monoisotopic (exact) mass is 144 g/mol. The zero-order valence-electron chi connectivity index (χ0n) is 6.10. The molecule has 2 nitrogen and oxygen atoms in total. The highest BCUT2D eigenvalue weighted by Gasteiger charge is 2.19. The van der Waals surface area contributed by atoms with Gasteiger partial charge in [-0.3, -0.25) is 4.79 Å². The Morgan fingerprint density at radius 1 is 1.67 bits per heavy atom. The van der Waals surface area contributed by atoms with Gasteiger partial charge in [0, 0.05) is 6.92 Å². The first-order chi connectivity index (χ1) is 3.98. The van der Waals surface area contributed by atoms with Crippen molar-refractivity contribution in [3.63, 3.8) is 0 Å². The van der Waals surface area contributed by atoms with Crippen LogP contribution in [0.4, 0.5) is 0 Å². The van der Waals surface area contributed by atoms with Crippen molar-refractivity contribution in [3.05, 3.63) is 12.3 Å². The highest BCUT2D eigenvalue weighted by atomic mass is 28.4. The van der Waals surface area contributed by atoms with Crippen molar-refractivity contribution in [2.75, 3.05) is 0 Å². The van der Waals surface area contributed by atoms with E-state index >= 15 is 0 Å². The molecule has 0 aliphatic carbocycles. The highest BCUT2D eigenvalue weighted by molar-refractivity contribution is 6.77. The van der Waals surface area contributed by atoms with E-state index in [0.717, 1.165) is 0 Å². The number of carbonyl (C=O) groups is 1. The molecule has 0 heterocycles. The van der Waals surface area contributed by atoms with Crippen LogP contribution >= 0.6 is 0 Å². The summed E-state index contributed by atoms with van der Waals surface area (Å²) in [6, 6.07) is 0. The van der Waals surface area contributed by atoms with Gasteiger partial charge in [0.2, 0.25) is 0 Å². The van der Waals surface area contributed by atoms with Gasteiger partial charge in [-0.2, -0.15) is 0 Å². The molecule has 0 N–H and O–H groups in total. The first-order valence-corrected chi connectivity index (χ1v) is 5.79. The van der Waals surface area contributed by atoms with Gasteiger partial charge in [-0.15, -0.1) is 6.58 Å². The summed E-state index contributed by atoms with van der Waals surface area (Å²) in [6.45, 7) is 8.82. The molecular formula is C6H12O2Si. The van der Waals surface area contributed by atoms with E-state index < -0.39 is 8.32 Å². The second kappa shape index (κ2) is 2.82. The molecule has 0 aromatic rings. The SMILES string of the molecule is C=C[Si](C)(C)OC(C)=O. The lowest BCUT2D eigenvalue weighted by atomic mass is 10.9. The van der Waals surface area contributed by atoms with Gasteiger partial charge in [0.25, 0.3) is 14.3 Å². The molecule has 0 amide bonds. The van der Waals surface area contributed by atoms with Gasteiger partial charge in [-0.05, 0) is 13.1 Å². The van der Waals surface area contributed by atoms with Crippen molar-refractivity contribution in [3.8, 4) is 0 Å². The Labute approximate surface area is 56.7 Å². The Morgan fingerprint density at radius 3 is 2.22 bits per heavy atom. The molecule has 0 unspecified atom stereocenters. The fraction of sp³-hybridized carbons (Fsp3) is 0.500. The van der Waals surface area contributed by atoms with Gasteiger partial charge in [-0.1, -0.05) is 5.70 Å². The zero-order valence-corrected chi connectivity index (χ0v) is 7.10. The molecule has 0 radical (unpaired) electrons. The van der Waals surface area contributed by atoms with Gasteiger partial charge in [-0.25, -0.2) is 0 Å². The van der Waals surface area contributed by atoms with E-state index in [2.05, 4.69) is 6.58 Å². The average molecular weight is 144 g/mol. The number of hydrogen-bond acceptors (Lipinski definition) is 2. The molecular weight excluding hydrogens is 132 g/mol. The maximum absolute atomic E-state index is 10.4. The number of rotatable bonds is 2. The average Bonchev–Trinajstić information content (AvgIpc) is 1.63. The predicted molar refractivity (Wildman–Crippen MR) is 39.4 cm³/mol. The van der Waals surface area contributed by atoms with E-state index in [4.69, 9.17) is 4.43 Å². The second-order valence-corrected chi connectivity index (χ2v) is 6.22. The van der Waals surface area contributed by atoms with Crippen LogP contribution in [0.5, 0.6) is 0 Å². The van der Waals surface area contributed by atoms with Crippen molar-refractivity contribution in [1.82, 2.24) is 0 Å². The third-order valence-corrected chi connectivity index (χ3v) is 2.70. The lowest BCUT2D eigenvalue weighted by Crippen LogP contribution is -2.29. The Hall–Kier alpha value is -0.573. The molecule has 3 heteroatoms. The molecule has 52 valence electrons. The molecule has 0 saturated carbocycles. The Kier molecular flexibility index (Phi) is 2.64. The van der Waals surface area contributed by atoms with Crippen molar-refractivity contribution < 1.29 is 9.22 Å². The third kappa shape index (κ3) is 3.97. The molecule has 0 bridgehead atoms. The quantitative estimate of drug-likeness (QED) is 0.549. The van der Waals surface area contributed by atoms with E-state index in [1.54, 1.807) is 5.70 Å². The minimum Gasteiger partial charge on any atom is -0.516 e. The fourth-order valence-corrected chi connectivity index (χ4v) is 1.24. The fourth-order valence-electron chi connectivity index (χ4n) is 0.412. The van der Waals surface area contributed by atoms with Gasteiger partial charge in [0.1, 0.15) is 0 Å². The first kappa shape index (κ1) is 8.43. The van der Waals surface area contributed by atoms with Crippen molar-refractivity contribution >= 4 is 14.3 Å². The first-order valence-electron chi connectivity index (χ1n) is 2.81. The van der Waals surface area contributed by atoms with E-state index in [-0.39, 0.29) is 5.97 Å². The van der Waals surface area contributed by atoms with Crippen molar-refractivity contribution in [1.29, 1.82) is 0 Å². The standard InChI is InChI=1S/C6H12O2Si/c1-5-9(3,4)8-6(2)7/h5H,1H2,2-4H3. The van der Waals surface area contributed by atoms with E-state index in [9.17, 15) is 4.79 Å².